The number of piperidine rings is 2. The molecule has 1 N–H and O–H groups in total. The van der Waals surface area contributed by atoms with Gasteiger partial charge in [0.2, 0.25) is 5.91 Å². The van der Waals surface area contributed by atoms with Crippen LogP contribution < -0.4 is 0 Å². The predicted molar refractivity (Wildman–Crippen MR) is 91.1 cm³/mol. The van der Waals surface area contributed by atoms with E-state index in [2.05, 4.69) is 4.90 Å². The highest BCUT2D eigenvalue weighted by atomic mass is 19.1. The van der Waals surface area contributed by atoms with Crippen molar-refractivity contribution in [1.82, 2.24) is 9.80 Å². The monoisotopic (exact) mass is 334 g/mol. The van der Waals surface area contributed by atoms with Gasteiger partial charge >= 0.3 is 0 Å². The van der Waals surface area contributed by atoms with Crippen LogP contribution >= 0.6 is 0 Å². The Kier molecular flexibility index (Phi) is 5.51. The van der Waals surface area contributed by atoms with Crippen LogP contribution in [0.4, 0.5) is 4.39 Å². The summed E-state index contributed by atoms with van der Waals surface area (Å²) in [6, 6.07) is 7.30. The highest BCUT2D eigenvalue weighted by Crippen LogP contribution is 2.27. The third-order valence-corrected chi connectivity index (χ3v) is 5.62. The van der Waals surface area contributed by atoms with Crippen molar-refractivity contribution in [3.8, 4) is 0 Å². The molecule has 2 saturated heterocycles. The van der Waals surface area contributed by atoms with E-state index in [0.29, 0.717) is 24.6 Å². The van der Waals surface area contributed by atoms with Crippen molar-refractivity contribution in [3.63, 3.8) is 0 Å². The number of hydrogen-bond donors (Lipinski definition) is 1. The lowest BCUT2D eigenvalue weighted by Crippen LogP contribution is -2.52. The number of aliphatic hydroxyl groups excluding tert-OH is 1. The summed E-state index contributed by atoms with van der Waals surface area (Å²) in [5.74, 6) is 0.0938. The minimum atomic E-state index is -0.413. The molecule has 2 fully saturated rings. The number of nitrogens with zero attached hydrogens (tertiary/aromatic N) is 2. The summed E-state index contributed by atoms with van der Waals surface area (Å²) in [6.07, 6.45) is 3.03. The minimum Gasteiger partial charge on any atom is -0.391 e. The number of halogens is 1. The van der Waals surface area contributed by atoms with Gasteiger partial charge in [-0.2, -0.15) is 0 Å². The van der Waals surface area contributed by atoms with Crippen LogP contribution in [0, 0.1) is 11.7 Å². The van der Waals surface area contributed by atoms with E-state index in [9.17, 15) is 14.3 Å². The van der Waals surface area contributed by atoms with Gasteiger partial charge in [-0.25, -0.2) is 4.39 Å². The molecule has 0 aromatic heterocycles. The molecule has 0 radical (unpaired) electrons. The van der Waals surface area contributed by atoms with E-state index in [-0.39, 0.29) is 17.6 Å². The van der Waals surface area contributed by atoms with Crippen molar-refractivity contribution in [2.45, 2.75) is 44.8 Å². The maximum atomic E-state index is 13.8. The average Bonchev–Trinajstić information content (AvgIpc) is 2.58. The largest absolute Gasteiger partial charge is 0.391 e. The van der Waals surface area contributed by atoms with Crippen LogP contribution in [0.2, 0.25) is 0 Å². The van der Waals surface area contributed by atoms with Crippen LogP contribution in [0.3, 0.4) is 0 Å². The first-order valence-electron chi connectivity index (χ1n) is 8.95. The lowest BCUT2D eigenvalue weighted by Gasteiger charge is -2.43. The molecule has 0 bridgehead atoms. The van der Waals surface area contributed by atoms with Crippen molar-refractivity contribution in [1.29, 1.82) is 0 Å². The topological polar surface area (TPSA) is 43.8 Å². The minimum absolute atomic E-state index is 0.121. The van der Waals surface area contributed by atoms with Gasteiger partial charge in [0.25, 0.3) is 0 Å². The molecule has 2 aliphatic rings. The smallest absolute Gasteiger partial charge is 0.219 e. The van der Waals surface area contributed by atoms with E-state index in [1.807, 2.05) is 17.0 Å². The van der Waals surface area contributed by atoms with Gasteiger partial charge in [-0.05, 0) is 49.8 Å². The van der Waals surface area contributed by atoms with Crippen LogP contribution in [0.1, 0.15) is 31.7 Å². The van der Waals surface area contributed by atoms with Gasteiger partial charge < -0.3 is 10.0 Å². The fourth-order valence-corrected chi connectivity index (χ4v) is 4.07. The van der Waals surface area contributed by atoms with E-state index in [4.69, 9.17) is 0 Å². The van der Waals surface area contributed by atoms with Gasteiger partial charge in [-0.15, -0.1) is 0 Å². The number of β-amino-alcohol motifs (C(OH)–C–C–N with tert-alkyl or cyclic N) is 1. The summed E-state index contributed by atoms with van der Waals surface area (Å²) in [5, 5.41) is 10.5. The van der Waals surface area contributed by atoms with Crippen LogP contribution in [0.5, 0.6) is 0 Å². The number of carbonyl (C=O) groups excluding carboxylic acids is 1. The Labute approximate surface area is 143 Å². The van der Waals surface area contributed by atoms with E-state index in [0.717, 1.165) is 38.9 Å². The molecule has 1 aromatic carbocycles. The number of amides is 1. The van der Waals surface area contributed by atoms with Crippen molar-refractivity contribution >= 4 is 5.91 Å². The van der Waals surface area contributed by atoms with Crippen LogP contribution in [0.25, 0.3) is 0 Å². The first-order valence-corrected chi connectivity index (χ1v) is 8.95. The molecule has 0 spiro atoms. The van der Waals surface area contributed by atoms with Crippen molar-refractivity contribution in [2.75, 3.05) is 26.2 Å². The van der Waals surface area contributed by atoms with Crippen molar-refractivity contribution in [2.24, 2.45) is 5.92 Å². The summed E-state index contributed by atoms with van der Waals surface area (Å²) >= 11 is 0. The number of rotatable bonds is 3. The summed E-state index contributed by atoms with van der Waals surface area (Å²) in [7, 11) is 0. The lowest BCUT2D eigenvalue weighted by atomic mass is 9.86. The molecule has 2 aliphatic heterocycles. The molecule has 3 rings (SSSR count). The zero-order valence-corrected chi connectivity index (χ0v) is 14.3. The molecule has 4 nitrogen and oxygen atoms in total. The number of likely N-dealkylation sites (tertiary alicyclic amines) is 2. The standard InChI is InChI=1S/C19H27FN2O2/c1-14(23)21-10-7-17(8-11-21)22-9-6-16(19(24)13-22)12-15-4-2-3-5-18(15)20/h2-5,16-17,19,24H,6-13H2,1H3/t16-,19+/m1/s1. The fraction of sp³-hybridized carbons (Fsp3) is 0.632. The maximum absolute atomic E-state index is 13.8. The normalized spacial score (nSPS) is 26.5. The molecular weight excluding hydrogens is 307 g/mol. The van der Waals surface area contributed by atoms with Gasteiger partial charge in [0.1, 0.15) is 5.82 Å². The molecule has 24 heavy (non-hydrogen) atoms. The number of aliphatic hydroxyl groups is 1. The van der Waals surface area contributed by atoms with Crippen LogP contribution in [-0.4, -0.2) is 59.1 Å². The molecular formula is C19H27FN2O2. The Hall–Kier alpha value is -1.46. The average molecular weight is 334 g/mol. The SMILES string of the molecule is CC(=O)N1CCC(N2CC[C@H](Cc3ccccc3F)[C@@H](O)C2)CC1. The molecule has 1 aromatic rings. The Morgan fingerprint density at radius 3 is 2.54 bits per heavy atom. The Morgan fingerprint density at radius 1 is 1.21 bits per heavy atom. The van der Waals surface area contributed by atoms with Gasteiger partial charge in [0, 0.05) is 32.6 Å². The lowest BCUT2D eigenvalue weighted by molar-refractivity contribution is -0.130. The van der Waals surface area contributed by atoms with Gasteiger partial charge in [-0.3, -0.25) is 9.69 Å². The van der Waals surface area contributed by atoms with E-state index >= 15 is 0 Å². The highest BCUT2D eigenvalue weighted by Gasteiger charge is 2.33. The Bertz CT molecular complexity index is 572. The van der Waals surface area contributed by atoms with Gasteiger partial charge in [0.15, 0.2) is 0 Å². The summed E-state index contributed by atoms with van der Waals surface area (Å²) in [6.45, 7) is 4.85. The first-order chi connectivity index (χ1) is 11.5. The predicted octanol–water partition coefficient (Wildman–Crippen LogP) is 2.06. The summed E-state index contributed by atoms with van der Waals surface area (Å²) < 4.78 is 13.8. The fourth-order valence-electron chi connectivity index (χ4n) is 4.07. The second kappa shape index (κ2) is 7.62. The van der Waals surface area contributed by atoms with E-state index < -0.39 is 6.10 Å². The van der Waals surface area contributed by atoms with Crippen LogP contribution in [0.15, 0.2) is 24.3 Å². The number of hydrogen-bond acceptors (Lipinski definition) is 3. The molecule has 0 saturated carbocycles. The highest BCUT2D eigenvalue weighted by molar-refractivity contribution is 5.73. The van der Waals surface area contributed by atoms with Crippen molar-refractivity contribution in [3.05, 3.63) is 35.6 Å². The third-order valence-electron chi connectivity index (χ3n) is 5.62. The molecule has 132 valence electrons. The van der Waals surface area contributed by atoms with Gasteiger partial charge in [0.05, 0.1) is 6.10 Å². The molecule has 1 amide bonds. The Morgan fingerprint density at radius 2 is 1.92 bits per heavy atom. The quantitative estimate of drug-likeness (QED) is 0.920. The number of benzene rings is 1. The van der Waals surface area contributed by atoms with E-state index in [1.54, 1.807) is 13.0 Å². The van der Waals surface area contributed by atoms with Gasteiger partial charge in [-0.1, -0.05) is 18.2 Å². The Balaban J connectivity index is 1.52. The molecule has 0 unspecified atom stereocenters. The van der Waals surface area contributed by atoms with Crippen LogP contribution in [-0.2, 0) is 11.2 Å². The zero-order valence-electron chi connectivity index (χ0n) is 14.3. The number of carbonyl (C=O) groups is 1. The third kappa shape index (κ3) is 3.95. The van der Waals surface area contributed by atoms with Crippen molar-refractivity contribution < 1.29 is 14.3 Å². The second-order valence-electron chi connectivity index (χ2n) is 7.14. The summed E-state index contributed by atoms with van der Waals surface area (Å²) in [4.78, 5) is 15.7. The molecule has 2 atom stereocenters. The molecule has 5 heteroatoms. The second-order valence-corrected chi connectivity index (χ2v) is 7.14. The zero-order chi connectivity index (χ0) is 17.1. The van der Waals surface area contributed by atoms with E-state index in [1.165, 1.54) is 6.07 Å². The molecule has 2 heterocycles. The molecule has 0 aliphatic carbocycles. The first kappa shape index (κ1) is 17.4. The summed E-state index contributed by atoms with van der Waals surface area (Å²) in [5.41, 5.74) is 0.699. The maximum Gasteiger partial charge on any atom is 0.219 e.